The van der Waals surface area contributed by atoms with Crippen molar-refractivity contribution >= 4 is 73.9 Å². The smallest absolute Gasteiger partial charge is 0.257 e. The van der Waals surface area contributed by atoms with Crippen LogP contribution in [0.2, 0.25) is 5.02 Å². The zero-order chi connectivity index (χ0) is 24.8. The second kappa shape index (κ2) is 9.41. The average molecular weight is 593 g/mol. The van der Waals surface area contributed by atoms with Gasteiger partial charge in [0, 0.05) is 17.7 Å². The first-order valence-electron chi connectivity index (χ1n) is 9.68. The van der Waals surface area contributed by atoms with Crippen LogP contribution in [0.15, 0.2) is 59.1 Å². The quantitative estimate of drug-likeness (QED) is 0.306. The summed E-state index contributed by atoms with van der Waals surface area (Å²) < 4.78 is 39.3. The third kappa shape index (κ3) is 4.91. The van der Waals surface area contributed by atoms with Gasteiger partial charge in [-0.05, 0) is 64.0 Å². The molecule has 34 heavy (non-hydrogen) atoms. The van der Waals surface area contributed by atoms with Gasteiger partial charge in [0.25, 0.3) is 5.91 Å². The molecule has 0 saturated heterocycles. The van der Waals surface area contributed by atoms with Crippen LogP contribution in [0.3, 0.4) is 0 Å². The molecular formula is C23H13BrCl3F3N2O2. The molecule has 3 aromatic rings. The largest absolute Gasteiger partial charge is 0.326 e. The molecule has 3 aromatic carbocycles. The van der Waals surface area contributed by atoms with Crippen LogP contribution in [0.25, 0.3) is 0 Å². The van der Waals surface area contributed by atoms with Crippen molar-refractivity contribution in [3.05, 3.63) is 92.7 Å². The summed E-state index contributed by atoms with van der Waals surface area (Å²) in [4.78, 5) is 25.5. The summed E-state index contributed by atoms with van der Waals surface area (Å²) in [5, 5.41) is 4.99. The topological polar surface area (TPSA) is 58.2 Å². The Morgan fingerprint density at radius 3 is 2.32 bits per heavy atom. The number of carbonyl (C=O) groups is 2. The maximum absolute atomic E-state index is 13.9. The van der Waals surface area contributed by atoms with Crippen LogP contribution in [0.1, 0.15) is 21.8 Å². The number of hydrogen-bond donors (Lipinski definition) is 2. The van der Waals surface area contributed by atoms with E-state index in [1.807, 2.05) is 0 Å². The Morgan fingerprint density at radius 2 is 1.65 bits per heavy atom. The summed E-state index contributed by atoms with van der Waals surface area (Å²) in [6, 6.07) is 11.1. The van der Waals surface area contributed by atoms with Gasteiger partial charge >= 0.3 is 0 Å². The van der Waals surface area contributed by atoms with E-state index in [2.05, 4.69) is 26.6 Å². The van der Waals surface area contributed by atoms with Crippen LogP contribution in [0.5, 0.6) is 0 Å². The van der Waals surface area contributed by atoms with E-state index < -0.39 is 45.4 Å². The molecule has 1 saturated carbocycles. The zero-order valence-electron chi connectivity index (χ0n) is 16.8. The molecule has 1 aliphatic rings. The van der Waals surface area contributed by atoms with Gasteiger partial charge in [0.05, 0.1) is 26.7 Å². The molecule has 4 nitrogen and oxygen atoms in total. The van der Waals surface area contributed by atoms with Gasteiger partial charge in [0.15, 0.2) is 0 Å². The van der Waals surface area contributed by atoms with E-state index in [1.54, 1.807) is 0 Å². The van der Waals surface area contributed by atoms with Crippen LogP contribution in [0.4, 0.5) is 24.5 Å². The fraction of sp³-hybridized carbons (Fsp3) is 0.130. The van der Waals surface area contributed by atoms with Crippen molar-refractivity contribution in [3.63, 3.8) is 0 Å². The first-order chi connectivity index (χ1) is 16.0. The molecule has 0 radical (unpaired) electrons. The fourth-order valence-electron chi connectivity index (χ4n) is 3.55. The third-order valence-corrected chi connectivity index (χ3v) is 7.17. The Hall–Kier alpha value is -2.26. The molecule has 0 bridgehead atoms. The van der Waals surface area contributed by atoms with Gasteiger partial charge in [-0.15, -0.1) is 23.2 Å². The Bertz CT molecular complexity index is 1320. The first-order valence-corrected chi connectivity index (χ1v) is 11.6. The van der Waals surface area contributed by atoms with Crippen molar-refractivity contribution in [1.82, 2.24) is 0 Å². The molecule has 1 fully saturated rings. The number of benzene rings is 3. The predicted molar refractivity (Wildman–Crippen MR) is 129 cm³/mol. The lowest BCUT2D eigenvalue weighted by atomic mass is 10.1. The maximum atomic E-state index is 13.9. The van der Waals surface area contributed by atoms with Crippen molar-refractivity contribution in [2.24, 2.45) is 5.92 Å². The van der Waals surface area contributed by atoms with Crippen LogP contribution in [-0.2, 0) is 4.79 Å². The minimum absolute atomic E-state index is 0.0440. The molecule has 176 valence electrons. The molecule has 0 aliphatic heterocycles. The molecule has 0 heterocycles. The summed E-state index contributed by atoms with van der Waals surface area (Å²) in [5.74, 6) is -4.92. The summed E-state index contributed by atoms with van der Waals surface area (Å²) in [6.45, 7) is 0. The molecule has 0 aromatic heterocycles. The number of halogens is 7. The highest BCUT2D eigenvalue weighted by molar-refractivity contribution is 9.10. The third-order valence-electron chi connectivity index (χ3n) is 5.30. The molecule has 2 atom stereocenters. The van der Waals surface area contributed by atoms with Gasteiger partial charge < -0.3 is 10.6 Å². The molecule has 2 N–H and O–H groups in total. The van der Waals surface area contributed by atoms with E-state index in [1.165, 1.54) is 36.4 Å². The SMILES string of the molecule is O=C(Nc1ccc(F)cc1F)c1cc(NC(=O)C2C(c3ccc(F)c(Br)c3)C2(Cl)Cl)ccc1Cl. The van der Waals surface area contributed by atoms with Crippen molar-refractivity contribution in [1.29, 1.82) is 0 Å². The minimum Gasteiger partial charge on any atom is -0.326 e. The van der Waals surface area contributed by atoms with Gasteiger partial charge in [-0.25, -0.2) is 13.2 Å². The molecule has 1 aliphatic carbocycles. The zero-order valence-corrected chi connectivity index (χ0v) is 20.7. The first kappa shape index (κ1) is 24.9. The van der Waals surface area contributed by atoms with E-state index in [0.29, 0.717) is 11.6 Å². The highest BCUT2D eigenvalue weighted by Crippen LogP contribution is 2.65. The molecular weight excluding hydrogens is 580 g/mol. The van der Waals surface area contributed by atoms with E-state index in [4.69, 9.17) is 34.8 Å². The summed E-state index contributed by atoms with van der Waals surface area (Å²) >= 11 is 21.9. The van der Waals surface area contributed by atoms with E-state index in [-0.39, 0.29) is 26.4 Å². The lowest BCUT2D eigenvalue weighted by molar-refractivity contribution is -0.117. The highest BCUT2D eigenvalue weighted by Gasteiger charge is 2.67. The second-order valence-electron chi connectivity index (χ2n) is 7.57. The molecule has 11 heteroatoms. The van der Waals surface area contributed by atoms with Crippen LogP contribution in [-0.4, -0.2) is 16.1 Å². The molecule has 2 amide bonds. The lowest BCUT2D eigenvalue weighted by Crippen LogP contribution is -2.18. The normalized spacial score (nSPS) is 18.3. The van der Waals surface area contributed by atoms with E-state index in [0.717, 1.165) is 12.1 Å². The second-order valence-corrected chi connectivity index (χ2v) is 10.3. The van der Waals surface area contributed by atoms with Crippen LogP contribution < -0.4 is 10.6 Å². The van der Waals surface area contributed by atoms with Gasteiger partial charge in [-0.3, -0.25) is 9.59 Å². The van der Waals surface area contributed by atoms with Gasteiger partial charge in [-0.2, -0.15) is 0 Å². The van der Waals surface area contributed by atoms with Gasteiger partial charge in [0.1, 0.15) is 21.8 Å². The number of nitrogens with one attached hydrogen (secondary N) is 2. The fourth-order valence-corrected chi connectivity index (χ4v) is 4.98. The van der Waals surface area contributed by atoms with Crippen LogP contribution in [0, 0.1) is 23.4 Å². The Morgan fingerprint density at radius 1 is 0.912 bits per heavy atom. The number of rotatable bonds is 5. The summed E-state index contributed by atoms with van der Waals surface area (Å²) in [5.41, 5.74) is 0.503. The number of anilines is 2. The van der Waals surface area contributed by atoms with Crippen molar-refractivity contribution in [3.8, 4) is 0 Å². The molecule has 0 spiro atoms. The van der Waals surface area contributed by atoms with Crippen molar-refractivity contribution in [2.45, 2.75) is 10.3 Å². The maximum Gasteiger partial charge on any atom is 0.257 e. The highest BCUT2D eigenvalue weighted by atomic mass is 79.9. The standard InChI is InChI=1S/C23H13BrCl3F3N2O2/c24-14-7-10(1-5-16(14)29)19-20(23(19,26)27)22(34)31-12-3-4-15(25)13(9-12)21(33)32-18-6-2-11(28)8-17(18)30/h1-9,19-20H,(H,31,34)(H,32,33). The molecule has 2 unspecified atom stereocenters. The number of carbonyl (C=O) groups excluding carboxylic acids is 2. The predicted octanol–water partition coefficient (Wildman–Crippen LogP) is 7.30. The lowest BCUT2D eigenvalue weighted by Gasteiger charge is -2.11. The van der Waals surface area contributed by atoms with Crippen LogP contribution >= 0.6 is 50.7 Å². The molecule has 4 rings (SSSR count). The van der Waals surface area contributed by atoms with Crippen molar-refractivity contribution in [2.75, 3.05) is 10.6 Å². The van der Waals surface area contributed by atoms with Crippen molar-refractivity contribution < 1.29 is 22.8 Å². The number of hydrogen-bond acceptors (Lipinski definition) is 2. The Labute approximate surface area is 215 Å². The summed E-state index contributed by atoms with van der Waals surface area (Å²) in [6.07, 6.45) is 0. The Balaban J connectivity index is 1.51. The van der Waals surface area contributed by atoms with E-state index >= 15 is 0 Å². The minimum atomic E-state index is -1.41. The number of alkyl halides is 2. The van der Waals surface area contributed by atoms with Gasteiger partial charge in [0.2, 0.25) is 5.91 Å². The Kier molecular flexibility index (Phi) is 6.88. The monoisotopic (exact) mass is 590 g/mol. The van der Waals surface area contributed by atoms with E-state index in [9.17, 15) is 22.8 Å². The van der Waals surface area contributed by atoms with Gasteiger partial charge in [-0.1, -0.05) is 17.7 Å². The number of amides is 2. The summed E-state index contributed by atoms with van der Waals surface area (Å²) in [7, 11) is 0. The average Bonchev–Trinajstić information content (AvgIpc) is 3.35.